The van der Waals surface area contributed by atoms with Crippen LogP contribution in [0.5, 0.6) is 0 Å². The van der Waals surface area contributed by atoms with Crippen molar-refractivity contribution < 1.29 is 18.0 Å². The second kappa shape index (κ2) is 8.85. The number of thiophene rings is 1. The van der Waals surface area contributed by atoms with E-state index in [2.05, 4.69) is 15.6 Å². The quantitative estimate of drug-likeness (QED) is 0.509. The van der Waals surface area contributed by atoms with E-state index in [1.165, 1.54) is 52.5 Å². The monoisotopic (exact) mass is 421 g/mol. The summed E-state index contributed by atoms with van der Waals surface area (Å²) in [6, 6.07) is 7.42. The smallest absolute Gasteiger partial charge is 0.267 e. The van der Waals surface area contributed by atoms with Gasteiger partial charge in [-0.2, -0.15) is 0 Å². The number of rotatable bonds is 5. The summed E-state index contributed by atoms with van der Waals surface area (Å²) in [5.74, 6) is -0.864. The summed E-state index contributed by atoms with van der Waals surface area (Å²) < 4.78 is 26.2. The van der Waals surface area contributed by atoms with Crippen LogP contribution < -0.4 is 15.6 Å². The molecule has 0 spiro atoms. The molecule has 3 N–H and O–H groups in total. The first-order valence-corrected chi connectivity index (χ1v) is 11.5. The number of hydrazine groups is 1. The number of aryl methyl sites for hydroxylation is 2. The van der Waals surface area contributed by atoms with Crippen molar-refractivity contribution in [1.29, 1.82) is 0 Å². The number of carbonyl (C=O) groups excluding carboxylic acids is 2. The molecule has 0 saturated heterocycles. The van der Waals surface area contributed by atoms with Gasteiger partial charge in [0, 0.05) is 17.0 Å². The van der Waals surface area contributed by atoms with Gasteiger partial charge in [0.15, 0.2) is 0 Å². The Morgan fingerprint density at radius 3 is 2.39 bits per heavy atom. The lowest BCUT2D eigenvalue weighted by atomic mass is 10.1. The Balaban J connectivity index is 1.60. The van der Waals surface area contributed by atoms with Crippen molar-refractivity contribution in [3.05, 3.63) is 51.2 Å². The van der Waals surface area contributed by atoms with E-state index in [0.717, 1.165) is 25.7 Å². The molecule has 0 bridgehead atoms. The van der Waals surface area contributed by atoms with E-state index >= 15 is 0 Å². The lowest BCUT2D eigenvalue weighted by molar-refractivity contribution is 0.0849. The van der Waals surface area contributed by atoms with Gasteiger partial charge in [0.05, 0.1) is 9.77 Å². The number of hydrogen-bond acceptors (Lipinski definition) is 5. The van der Waals surface area contributed by atoms with Crippen LogP contribution in [0.4, 0.5) is 0 Å². The normalized spacial score (nSPS) is 14.0. The van der Waals surface area contributed by atoms with Crippen molar-refractivity contribution in [2.24, 2.45) is 0 Å². The lowest BCUT2D eigenvalue weighted by Crippen LogP contribution is -2.41. The van der Waals surface area contributed by atoms with Crippen LogP contribution in [0.15, 0.2) is 35.2 Å². The predicted molar refractivity (Wildman–Crippen MR) is 108 cm³/mol. The highest BCUT2D eigenvalue weighted by atomic mass is 32.2. The molecular formula is C19H23N3O4S2. The molecule has 1 heterocycles. The van der Waals surface area contributed by atoms with Crippen LogP contribution in [0.25, 0.3) is 0 Å². The van der Waals surface area contributed by atoms with Crippen LogP contribution in [0.3, 0.4) is 0 Å². The number of hydrogen-bond donors (Lipinski definition) is 3. The largest absolute Gasteiger partial charge is 0.279 e. The second-order valence-electron chi connectivity index (χ2n) is 6.55. The molecular weight excluding hydrogens is 398 g/mol. The topological polar surface area (TPSA) is 104 Å². The van der Waals surface area contributed by atoms with Gasteiger partial charge in [-0.3, -0.25) is 20.4 Å². The standard InChI is InChI=1S/C19H23N3O4S2/c1-2-20-28(25,26)15-10-8-13(9-11-15)18(23)21-22-19(24)17-12-14-6-4-3-5-7-16(14)27-17/h8-12,20H,2-7H2,1H3,(H,21,23)(H,22,24). The van der Waals surface area contributed by atoms with Crippen LogP contribution in [0, 0.1) is 0 Å². The SMILES string of the molecule is CCNS(=O)(=O)c1ccc(C(=O)NNC(=O)c2cc3c(s2)CCCCC3)cc1. The first-order chi connectivity index (χ1) is 13.4. The molecule has 0 fully saturated rings. The highest BCUT2D eigenvalue weighted by Gasteiger charge is 2.18. The minimum atomic E-state index is -3.57. The number of amides is 2. The van der Waals surface area contributed by atoms with Gasteiger partial charge in [0.1, 0.15) is 0 Å². The first-order valence-electron chi connectivity index (χ1n) is 9.22. The fourth-order valence-electron chi connectivity index (χ4n) is 3.09. The van der Waals surface area contributed by atoms with E-state index in [9.17, 15) is 18.0 Å². The van der Waals surface area contributed by atoms with Crippen LogP contribution in [0.1, 0.15) is 56.7 Å². The van der Waals surface area contributed by atoms with Gasteiger partial charge >= 0.3 is 0 Å². The molecule has 1 aliphatic rings. The van der Waals surface area contributed by atoms with Crippen molar-refractivity contribution in [2.75, 3.05) is 6.54 Å². The van der Waals surface area contributed by atoms with Gasteiger partial charge in [-0.1, -0.05) is 13.3 Å². The van der Waals surface area contributed by atoms with E-state index < -0.39 is 15.9 Å². The Bertz CT molecular complexity index is 942. The van der Waals surface area contributed by atoms with Crippen molar-refractivity contribution >= 4 is 33.2 Å². The molecule has 150 valence electrons. The van der Waals surface area contributed by atoms with Crippen molar-refractivity contribution in [1.82, 2.24) is 15.6 Å². The molecule has 28 heavy (non-hydrogen) atoms. The average Bonchev–Trinajstić information content (AvgIpc) is 2.96. The number of sulfonamides is 1. The average molecular weight is 422 g/mol. The highest BCUT2D eigenvalue weighted by Crippen LogP contribution is 2.28. The zero-order valence-corrected chi connectivity index (χ0v) is 17.2. The van der Waals surface area contributed by atoms with Crippen LogP contribution in [0.2, 0.25) is 0 Å². The van der Waals surface area contributed by atoms with Gasteiger partial charge in [-0.15, -0.1) is 11.3 Å². The molecule has 1 aromatic carbocycles. The van der Waals surface area contributed by atoms with Crippen molar-refractivity contribution in [3.63, 3.8) is 0 Å². The third-order valence-corrected chi connectivity index (χ3v) is 7.32. The van der Waals surface area contributed by atoms with Crippen LogP contribution in [-0.2, 0) is 22.9 Å². The molecule has 2 aromatic rings. The van der Waals surface area contributed by atoms with Gasteiger partial charge in [-0.05, 0) is 61.6 Å². The molecule has 0 unspecified atom stereocenters. The van der Waals surface area contributed by atoms with E-state index in [1.807, 2.05) is 6.07 Å². The van der Waals surface area contributed by atoms with Gasteiger partial charge in [-0.25, -0.2) is 13.1 Å². The fraction of sp³-hybridized carbons (Fsp3) is 0.368. The summed E-state index contributed by atoms with van der Waals surface area (Å²) in [6.07, 6.45) is 5.49. The summed E-state index contributed by atoms with van der Waals surface area (Å²) in [6.45, 7) is 1.97. The number of fused-ring (bicyclic) bond motifs is 1. The molecule has 9 heteroatoms. The van der Waals surface area contributed by atoms with Crippen molar-refractivity contribution in [2.45, 2.75) is 43.9 Å². The van der Waals surface area contributed by atoms with Crippen LogP contribution >= 0.6 is 11.3 Å². The predicted octanol–water partition coefficient (Wildman–Crippen LogP) is 2.39. The minimum Gasteiger partial charge on any atom is -0.267 e. The number of nitrogens with one attached hydrogen (secondary N) is 3. The molecule has 0 saturated carbocycles. The lowest BCUT2D eigenvalue weighted by Gasteiger charge is -2.08. The Morgan fingerprint density at radius 1 is 1.00 bits per heavy atom. The fourth-order valence-corrected chi connectivity index (χ4v) is 5.28. The molecule has 1 aliphatic carbocycles. The first kappa shape index (κ1) is 20.5. The third-order valence-electron chi connectivity index (χ3n) is 4.52. The molecule has 0 atom stereocenters. The molecule has 3 rings (SSSR count). The summed E-state index contributed by atoms with van der Waals surface area (Å²) in [4.78, 5) is 26.5. The van der Waals surface area contributed by atoms with Crippen LogP contribution in [-0.4, -0.2) is 26.8 Å². The zero-order valence-electron chi connectivity index (χ0n) is 15.6. The maximum Gasteiger partial charge on any atom is 0.279 e. The Labute approximate surface area is 168 Å². The zero-order chi connectivity index (χ0) is 20.1. The maximum atomic E-state index is 12.3. The number of carbonyl (C=O) groups is 2. The summed E-state index contributed by atoms with van der Waals surface area (Å²) in [5, 5.41) is 0. The van der Waals surface area contributed by atoms with E-state index in [4.69, 9.17) is 0 Å². The molecule has 0 aliphatic heterocycles. The Hall–Kier alpha value is -2.23. The van der Waals surface area contributed by atoms with E-state index in [1.54, 1.807) is 6.92 Å². The summed E-state index contributed by atoms with van der Waals surface area (Å²) in [5.41, 5.74) is 6.29. The van der Waals surface area contributed by atoms with Gasteiger partial charge in [0.2, 0.25) is 10.0 Å². The molecule has 2 amide bonds. The third kappa shape index (κ3) is 4.78. The van der Waals surface area contributed by atoms with Gasteiger partial charge in [0.25, 0.3) is 11.8 Å². The number of benzene rings is 1. The highest BCUT2D eigenvalue weighted by molar-refractivity contribution is 7.89. The van der Waals surface area contributed by atoms with Crippen molar-refractivity contribution in [3.8, 4) is 0 Å². The summed E-state index contributed by atoms with van der Waals surface area (Å²) in [7, 11) is -3.57. The minimum absolute atomic E-state index is 0.0787. The van der Waals surface area contributed by atoms with E-state index in [0.29, 0.717) is 4.88 Å². The van der Waals surface area contributed by atoms with E-state index in [-0.39, 0.29) is 22.9 Å². The molecule has 7 nitrogen and oxygen atoms in total. The Kier molecular flexibility index (Phi) is 6.48. The van der Waals surface area contributed by atoms with Gasteiger partial charge < -0.3 is 0 Å². The Morgan fingerprint density at radius 2 is 1.68 bits per heavy atom. The summed E-state index contributed by atoms with van der Waals surface area (Å²) >= 11 is 1.48. The molecule has 0 radical (unpaired) electrons. The molecule has 1 aromatic heterocycles. The second-order valence-corrected chi connectivity index (χ2v) is 9.46. The maximum absolute atomic E-state index is 12.3.